The molecule has 0 atom stereocenters. The van der Waals surface area contributed by atoms with E-state index in [0.717, 1.165) is 51.3 Å². The average molecular weight is 412 g/mol. The summed E-state index contributed by atoms with van der Waals surface area (Å²) in [6.07, 6.45) is 6.52. The summed E-state index contributed by atoms with van der Waals surface area (Å²) in [5.74, 6) is 0.890. The van der Waals surface area contributed by atoms with Crippen LogP contribution in [0.25, 0.3) is 0 Å². The van der Waals surface area contributed by atoms with Crippen LogP contribution in [0.5, 0.6) is 0 Å². The van der Waals surface area contributed by atoms with Gasteiger partial charge in [0.2, 0.25) is 0 Å². The molecular weight excluding hydrogens is 379 g/mol. The molecule has 2 N–H and O–H groups in total. The Hall–Kier alpha value is -0.0800. The smallest absolute Gasteiger partial charge is 0.191 e. The van der Waals surface area contributed by atoms with E-state index in [9.17, 15) is 0 Å². The van der Waals surface area contributed by atoms with Crippen molar-refractivity contribution in [1.29, 1.82) is 0 Å². The van der Waals surface area contributed by atoms with Gasteiger partial charge in [-0.25, -0.2) is 0 Å². The lowest BCUT2D eigenvalue weighted by Gasteiger charge is -2.24. The van der Waals surface area contributed by atoms with Crippen LogP contribution in [0.4, 0.5) is 0 Å². The van der Waals surface area contributed by atoms with Gasteiger partial charge >= 0.3 is 0 Å². The number of ether oxygens (including phenoxy) is 1. The normalized spacial score (nSPS) is 16.1. The fourth-order valence-corrected chi connectivity index (χ4v) is 2.62. The Kier molecular flexibility index (Phi) is 13.5. The Bertz CT molecular complexity index is 270. The fourth-order valence-electron chi connectivity index (χ4n) is 2.62. The van der Waals surface area contributed by atoms with E-state index in [-0.39, 0.29) is 24.0 Å². The number of rotatable bonds is 9. The molecule has 0 aromatic carbocycles. The van der Waals surface area contributed by atoms with Crippen molar-refractivity contribution in [3.63, 3.8) is 0 Å². The molecule has 0 aromatic rings. The molecule has 1 saturated carbocycles. The van der Waals surface area contributed by atoms with E-state index in [1.165, 1.54) is 25.7 Å². The standard InChI is InChI=1S/C15H32N4O.HI/c1-4-20-13-7-10-17-15(16-2)18-11-12-19(3)14-8-5-6-9-14;/h14H,4-13H2,1-3H3,(H2,16,17,18);1H. The van der Waals surface area contributed by atoms with Gasteiger partial charge in [-0.1, -0.05) is 12.8 Å². The summed E-state index contributed by atoms with van der Waals surface area (Å²) in [7, 11) is 4.05. The number of hydrogen-bond donors (Lipinski definition) is 2. The Morgan fingerprint density at radius 2 is 1.90 bits per heavy atom. The lowest BCUT2D eigenvalue weighted by atomic mass is 10.2. The van der Waals surface area contributed by atoms with E-state index in [1.54, 1.807) is 0 Å². The molecule has 0 spiro atoms. The van der Waals surface area contributed by atoms with Crippen molar-refractivity contribution >= 4 is 29.9 Å². The van der Waals surface area contributed by atoms with E-state index >= 15 is 0 Å². The molecule has 0 unspecified atom stereocenters. The maximum Gasteiger partial charge on any atom is 0.191 e. The monoisotopic (exact) mass is 412 g/mol. The molecule has 1 rings (SSSR count). The van der Waals surface area contributed by atoms with Crippen molar-refractivity contribution in [2.75, 3.05) is 46.9 Å². The molecule has 0 bridgehead atoms. The minimum absolute atomic E-state index is 0. The highest BCUT2D eigenvalue weighted by molar-refractivity contribution is 14.0. The van der Waals surface area contributed by atoms with Crippen LogP contribution in [-0.2, 0) is 4.74 Å². The number of hydrogen-bond acceptors (Lipinski definition) is 3. The molecule has 0 saturated heterocycles. The maximum atomic E-state index is 5.31. The highest BCUT2D eigenvalue weighted by atomic mass is 127. The zero-order valence-corrected chi connectivity index (χ0v) is 16.2. The van der Waals surface area contributed by atoms with Crippen molar-refractivity contribution in [2.24, 2.45) is 4.99 Å². The Morgan fingerprint density at radius 1 is 1.24 bits per heavy atom. The van der Waals surface area contributed by atoms with Crippen LogP contribution >= 0.6 is 24.0 Å². The summed E-state index contributed by atoms with van der Waals surface area (Å²) >= 11 is 0. The van der Waals surface area contributed by atoms with Crippen molar-refractivity contribution in [1.82, 2.24) is 15.5 Å². The minimum atomic E-state index is 0. The van der Waals surface area contributed by atoms with Crippen molar-refractivity contribution in [3.8, 4) is 0 Å². The summed E-state index contributed by atoms with van der Waals surface area (Å²) in [6.45, 7) is 6.54. The highest BCUT2D eigenvalue weighted by Crippen LogP contribution is 2.21. The van der Waals surface area contributed by atoms with Crippen LogP contribution in [0.3, 0.4) is 0 Å². The molecule has 0 radical (unpaired) electrons. The van der Waals surface area contributed by atoms with Crippen LogP contribution in [0, 0.1) is 0 Å². The average Bonchev–Trinajstić information content (AvgIpc) is 2.99. The Labute approximate surface area is 147 Å². The van der Waals surface area contributed by atoms with Crippen molar-refractivity contribution < 1.29 is 4.74 Å². The minimum Gasteiger partial charge on any atom is -0.382 e. The van der Waals surface area contributed by atoms with Gasteiger partial charge < -0.3 is 20.3 Å². The quantitative estimate of drug-likeness (QED) is 0.264. The van der Waals surface area contributed by atoms with Crippen molar-refractivity contribution in [3.05, 3.63) is 0 Å². The molecule has 0 aromatic heterocycles. The lowest BCUT2D eigenvalue weighted by Crippen LogP contribution is -2.42. The highest BCUT2D eigenvalue weighted by Gasteiger charge is 2.18. The van der Waals surface area contributed by atoms with Gasteiger partial charge in [0.15, 0.2) is 5.96 Å². The maximum absolute atomic E-state index is 5.31. The number of halogens is 1. The molecule has 1 aliphatic carbocycles. The third-order valence-electron chi connectivity index (χ3n) is 3.89. The van der Waals surface area contributed by atoms with Gasteiger partial charge in [0.05, 0.1) is 0 Å². The SMILES string of the molecule is CCOCCCNC(=NC)NCCN(C)C1CCCC1.I. The number of nitrogens with one attached hydrogen (secondary N) is 2. The molecule has 21 heavy (non-hydrogen) atoms. The molecule has 0 aliphatic heterocycles. The molecule has 5 nitrogen and oxygen atoms in total. The predicted molar refractivity (Wildman–Crippen MR) is 101 cm³/mol. The first-order valence-electron chi connectivity index (χ1n) is 8.00. The lowest BCUT2D eigenvalue weighted by molar-refractivity contribution is 0.145. The number of aliphatic imine (C=N–C) groups is 1. The largest absolute Gasteiger partial charge is 0.382 e. The first-order valence-corrected chi connectivity index (χ1v) is 8.00. The number of likely N-dealkylation sites (N-methyl/N-ethyl adjacent to an activating group) is 1. The van der Waals surface area contributed by atoms with Crippen molar-refractivity contribution in [2.45, 2.75) is 45.1 Å². The van der Waals surface area contributed by atoms with E-state index in [0.29, 0.717) is 0 Å². The van der Waals surface area contributed by atoms with Crippen LogP contribution in [0.15, 0.2) is 4.99 Å². The van der Waals surface area contributed by atoms with Gasteiger partial charge in [-0.2, -0.15) is 0 Å². The van der Waals surface area contributed by atoms with Crippen LogP contribution < -0.4 is 10.6 Å². The first kappa shape index (κ1) is 20.9. The third-order valence-corrected chi connectivity index (χ3v) is 3.89. The zero-order chi connectivity index (χ0) is 14.6. The van der Waals surface area contributed by atoms with Gasteiger partial charge in [-0.05, 0) is 33.2 Å². The van der Waals surface area contributed by atoms with Gasteiger partial charge in [0.25, 0.3) is 0 Å². The summed E-state index contributed by atoms with van der Waals surface area (Å²) in [5.41, 5.74) is 0. The molecule has 1 fully saturated rings. The van der Waals surface area contributed by atoms with E-state index in [4.69, 9.17) is 4.74 Å². The van der Waals surface area contributed by atoms with Gasteiger partial charge in [-0.3, -0.25) is 4.99 Å². The van der Waals surface area contributed by atoms with Gasteiger partial charge in [0, 0.05) is 45.9 Å². The van der Waals surface area contributed by atoms with Crippen LogP contribution in [0.1, 0.15) is 39.0 Å². The Balaban J connectivity index is 0.00000400. The van der Waals surface area contributed by atoms with E-state index < -0.39 is 0 Å². The molecule has 6 heteroatoms. The molecule has 0 heterocycles. The fraction of sp³-hybridized carbons (Fsp3) is 0.933. The van der Waals surface area contributed by atoms with Gasteiger partial charge in [0.1, 0.15) is 0 Å². The molecule has 0 amide bonds. The zero-order valence-electron chi connectivity index (χ0n) is 13.9. The first-order chi connectivity index (χ1) is 9.77. The topological polar surface area (TPSA) is 48.9 Å². The third kappa shape index (κ3) is 9.52. The number of nitrogens with zero attached hydrogens (tertiary/aromatic N) is 2. The second-order valence-electron chi connectivity index (χ2n) is 5.40. The second kappa shape index (κ2) is 13.6. The molecular formula is C15H33IN4O. The summed E-state index contributed by atoms with van der Waals surface area (Å²) in [4.78, 5) is 6.71. The number of guanidine groups is 1. The van der Waals surface area contributed by atoms with Crippen LogP contribution in [-0.4, -0.2) is 63.8 Å². The summed E-state index contributed by atoms with van der Waals surface area (Å²) in [6, 6.07) is 0.790. The van der Waals surface area contributed by atoms with Crippen LogP contribution in [0.2, 0.25) is 0 Å². The van der Waals surface area contributed by atoms with E-state index in [1.807, 2.05) is 14.0 Å². The van der Waals surface area contributed by atoms with Gasteiger partial charge in [-0.15, -0.1) is 24.0 Å². The Morgan fingerprint density at radius 3 is 2.52 bits per heavy atom. The van der Waals surface area contributed by atoms with E-state index in [2.05, 4.69) is 27.6 Å². The molecule has 1 aliphatic rings. The molecule has 126 valence electrons. The second-order valence-corrected chi connectivity index (χ2v) is 5.40. The summed E-state index contributed by atoms with van der Waals surface area (Å²) in [5, 5.41) is 6.68. The summed E-state index contributed by atoms with van der Waals surface area (Å²) < 4.78 is 5.31. The predicted octanol–water partition coefficient (Wildman–Crippen LogP) is 2.07.